The zero-order chi connectivity index (χ0) is 21.1. The van der Waals surface area contributed by atoms with E-state index in [1.165, 1.54) is 34.4 Å². The number of hydrogen-bond donors (Lipinski definition) is 1. The minimum atomic E-state index is -0.346. The number of nitrogens with one attached hydrogen (secondary N) is 1. The lowest BCUT2D eigenvalue weighted by Gasteiger charge is -2.09. The van der Waals surface area contributed by atoms with E-state index in [4.69, 9.17) is 4.74 Å². The number of halogens is 1. The van der Waals surface area contributed by atoms with Crippen molar-refractivity contribution in [3.8, 4) is 16.9 Å². The molecule has 2 aromatic heterocycles. The summed E-state index contributed by atoms with van der Waals surface area (Å²) < 4.78 is 19.7. The maximum Gasteiger partial charge on any atom is 0.263 e. The van der Waals surface area contributed by atoms with Crippen LogP contribution in [0.5, 0.6) is 5.75 Å². The number of methoxy groups -OCH3 is 1. The van der Waals surface area contributed by atoms with E-state index in [-0.39, 0.29) is 23.8 Å². The Morgan fingerprint density at radius 1 is 1.23 bits per heavy atom. The van der Waals surface area contributed by atoms with Crippen LogP contribution in [0.1, 0.15) is 5.56 Å². The fraction of sp³-hybridized carbons (Fsp3) is 0.136. The molecule has 8 heteroatoms. The van der Waals surface area contributed by atoms with Crippen molar-refractivity contribution < 1.29 is 13.9 Å². The number of ether oxygens (including phenoxy) is 1. The highest BCUT2D eigenvalue weighted by molar-refractivity contribution is 7.17. The summed E-state index contributed by atoms with van der Waals surface area (Å²) in [4.78, 5) is 30.3. The van der Waals surface area contributed by atoms with Crippen molar-refractivity contribution in [3.63, 3.8) is 0 Å². The quantitative estimate of drug-likeness (QED) is 0.514. The minimum absolute atomic E-state index is 0.148. The van der Waals surface area contributed by atoms with Crippen molar-refractivity contribution in [1.82, 2.24) is 14.9 Å². The zero-order valence-corrected chi connectivity index (χ0v) is 16.9. The number of fused-ring (bicyclic) bond motifs is 1. The molecule has 2 aromatic carbocycles. The van der Waals surface area contributed by atoms with Gasteiger partial charge in [-0.3, -0.25) is 14.2 Å². The second-order valence-corrected chi connectivity index (χ2v) is 7.50. The number of hydrogen-bond acceptors (Lipinski definition) is 5. The molecule has 0 aliphatic rings. The van der Waals surface area contributed by atoms with Gasteiger partial charge in [0.2, 0.25) is 5.91 Å². The van der Waals surface area contributed by atoms with Gasteiger partial charge in [0.05, 0.1) is 18.8 Å². The highest BCUT2D eigenvalue weighted by atomic mass is 32.1. The first-order valence-corrected chi connectivity index (χ1v) is 10.1. The maximum atomic E-state index is 13.2. The molecule has 4 aromatic rings. The molecule has 0 radical (unpaired) electrons. The van der Waals surface area contributed by atoms with Crippen molar-refractivity contribution >= 4 is 27.5 Å². The molecule has 0 saturated carbocycles. The average molecular weight is 423 g/mol. The lowest BCUT2D eigenvalue weighted by molar-refractivity contribution is -0.121. The molecular weight excluding hydrogens is 405 g/mol. The molecule has 0 aliphatic heterocycles. The molecule has 1 N–H and O–H groups in total. The van der Waals surface area contributed by atoms with Crippen LogP contribution in [0.15, 0.2) is 65.0 Å². The van der Waals surface area contributed by atoms with Crippen molar-refractivity contribution in [2.75, 3.05) is 7.11 Å². The summed E-state index contributed by atoms with van der Waals surface area (Å²) in [6.45, 7) is 0.171. The smallest absolute Gasteiger partial charge is 0.263 e. The summed E-state index contributed by atoms with van der Waals surface area (Å²) in [5, 5.41) is 5.04. The van der Waals surface area contributed by atoms with Gasteiger partial charge >= 0.3 is 0 Å². The molecule has 30 heavy (non-hydrogen) atoms. The zero-order valence-electron chi connectivity index (χ0n) is 16.1. The van der Waals surface area contributed by atoms with Gasteiger partial charge in [-0.25, -0.2) is 9.37 Å². The fourth-order valence-corrected chi connectivity index (χ4v) is 4.02. The van der Waals surface area contributed by atoms with Crippen LogP contribution in [0, 0.1) is 5.82 Å². The number of thiophene rings is 1. The summed E-state index contributed by atoms with van der Waals surface area (Å²) in [5.41, 5.74) is 1.98. The molecule has 152 valence electrons. The van der Waals surface area contributed by atoms with Gasteiger partial charge in [0, 0.05) is 17.5 Å². The summed E-state index contributed by atoms with van der Waals surface area (Å²) in [6, 6.07) is 13.3. The van der Waals surface area contributed by atoms with Gasteiger partial charge in [0.25, 0.3) is 5.56 Å². The summed E-state index contributed by atoms with van der Waals surface area (Å²) in [7, 11) is 1.58. The molecular formula is C22H18FN3O3S. The first kappa shape index (κ1) is 19.8. The Balaban J connectivity index is 1.55. The predicted molar refractivity (Wildman–Crippen MR) is 114 cm³/mol. The van der Waals surface area contributed by atoms with Crippen molar-refractivity contribution in [2.45, 2.75) is 13.1 Å². The van der Waals surface area contributed by atoms with E-state index in [1.54, 1.807) is 19.2 Å². The van der Waals surface area contributed by atoms with E-state index in [1.807, 2.05) is 29.6 Å². The van der Waals surface area contributed by atoms with E-state index in [0.29, 0.717) is 28.1 Å². The Bertz CT molecular complexity index is 1260. The van der Waals surface area contributed by atoms with E-state index in [2.05, 4.69) is 10.3 Å². The average Bonchev–Trinajstić information content (AvgIpc) is 3.20. The highest BCUT2D eigenvalue weighted by Crippen LogP contribution is 2.30. The van der Waals surface area contributed by atoms with Crippen LogP contribution in [0.2, 0.25) is 0 Å². The molecule has 0 atom stereocenters. The lowest BCUT2D eigenvalue weighted by Crippen LogP contribution is -2.32. The Hall–Kier alpha value is -3.52. The Morgan fingerprint density at radius 3 is 2.80 bits per heavy atom. The van der Waals surface area contributed by atoms with Crippen LogP contribution >= 0.6 is 11.3 Å². The summed E-state index contributed by atoms with van der Waals surface area (Å²) in [5.74, 6) is 0.0551. The van der Waals surface area contributed by atoms with Crippen molar-refractivity contribution in [3.05, 3.63) is 82.0 Å². The summed E-state index contributed by atoms with van der Waals surface area (Å²) >= 11 is 1.34. The van der Waals surface area contributed by atoms with Gasteiger partial charge in [0.1, 0.15) is 22.9 Å². The molecule has 0 aliphatic carbocycles. The normalized spacial score (nSPS) is 10.9. The number of benzene rings is 2. The van der Waals surface area contributed by atoms with Crippen molar-refractivity contribution in [2.24, 2.45) is 0 Å². The third-order valence-electron chi connectivity index (χ3n) is 4.65. The topological polar surface area (TPSA) is 73.2 Å². The molecule has 0 saturated heterocycles. The SMILES string of the molecule is COc1cccc(CNC(=O)Cn2cnc3scc(-c4ccc(F)cc4)c3c2=O)c1. The second kappa shape index (κ2) is 8.46. The van der Waals surface area contributed by atoms with Gasteiger partial charge in [-0.05, 0) is 35.4 Å². The number of aromatic nitrogens is 2. The van der Waals surface area contributed by atoms with Crippen LogP contribution in [-0.4, -0.2) is 22.6 Å². The maximum absolute atomic E-state index is 13.2. The van der Waals surface area contributed by atoms with E-state index in [9.17, 15) is 14.0 Å². The lowest BCUT2D eigenvalue weighted by atomic mass is 10.1. The Kier molecular flexibility index (Phi) is 5.58. The van der Waals surface area contributed by atoms with Gasteiger partial charge in [-0.2, -0.15) is 0 Å². The standard InChI is InChI=1S/C22H18FN3O3S/c1-29-17-4-2-3-14(9-17)10-24-19(27)11-26-13-25-21-20(22(26)28)18(12-30-21)15-5-7-16(23)8-6-15/h2-9,12-13H,10-11H2,1H3,(H,24,27). The third kappa shape index (κ3) is 4.08. The molecule has 6 nitrogen and oxygen atoms in total. The molecule has 0 bridgehead atoms. The van der Waals surface area contributed by atoms with E-state index >= 15 is 0 Å². The van der Waals surface area contributed by atoms with Crippen LogP contribution in [0.25, 0.3) is 21.3 Å². The largest absolute Gasteiger partial charge is 0.497 e. The molecule has 1 amide bonds. The Morgan fingerprint density at radius 2 is 2.03 bits per heavy atom. The molecule has 0 fully saturated rings. The van der Waals surface area contributed by atoms with Gasteiger partial charge in [0.15, 0.2) is 0 Å². The van der Waals surface area contributed by atoms with E-state index < -0.39 is 0 Å². The van der Waals surface area contributed by atoms with Gasteiger partial charge in [-0.1, -0.05) is 24.3 Å². The number of amides is 1. The van der Waals surface area contributed by atoms with Gasteiger partial charge < -0.3 is 10.1 Å². The monoisotopic (exact) mass is 423 g/mol. The molecule has 2 heterocycles. The van der Waals surface area contributed by atoms with Gasteiger partial charge in [-0.15, -0.1) is 11.3 Å². The number of rotatable bonds is 6. The minimum Gasteiger partial charge on any atom is -0.497 e. The van der Waals surface area contributed by atoms with Crippen molar-refractivity contribution in [1.29, 1.82) is 0 Å². The third-order valence-corrected chi connectivity index (χ3v) is 5.54. The van der Waals surface area contributed by atoms with E-state index in [0.717, 1.165) is 11.1 Å². The number of carbonyl (C=O) groups excluding carboxylic acids is 1. The van der Waals surface area contributed by atoms with Crippen LogP contribution in [0.4, 0.5) is 4.39 Å². The summed E-state index contributed by atoms with van der Waals surface area (Å²) in [6.07, 6.45) is 1.38. The number of carbonyl (C=O) groups is 1. The second-order valence-electron chi connectivity index (χ2n) is 6.64. The Labute approximate surface area is 175 Å². The number of nitrogens with zero attached hydrogens (tertiary/aromatic N) is 2. The fourth-order valence-electron chi connectivity index (χ4n) is 3.12. The van der Waals surface area contributed by atoms with Crippen LogP contribution in [-0.2, 0) is 17.9 Å². The predicted octanol–water partition coefficient (Wildman–Crippen LogP) is 3.59. The first-order valence-electron chi connectivity index (χ1n) is 9.17. The first-order chi connectivity index (χ1) is 14.5. The molecule has 4 rings (SSSR count). The highest BCUT2D eigenvalue weighted by Gasteiger charge is 2.15. The van der Waals surface area contributed by atoms with Crippen LogP contribution in [0.3, 0.4) is 0 Å². The molecule has 0 spiro atoms. The molecule has 0 unspecified atom stereocenters. The van der Waals surface area contributed by atoms with Crippen LogP contribution < -0.4 is 15.6 Å².